The Labute approximate surface area is 139 Å². The quantitative estimate of drug-likeness (QED) is 0.722. The van der Waals surface area contributed by atoms with Crippen LogP contribution in [-0.2, 0) is 11.2 Å². The smallest absolute Gasteiger partial charge is 0.230 e. The number of aromatic nitrogens is 1. The van der Waals surface area contributed by atoms with Crippen molar-refractivity contribution in [2.45, 2.75) is 6.42 Å². The van der Waals surface area contributed by atoms with E-state index in [0.29, 0.717) is 12.1 Å². The molecule has 0 unspecified atom stereocenters. The summed E-state index contributed by atoms with van der Waals surface area (Å²) in [7, 11) is 0. The summed E-state index contributed by atoms with van der Waals surface area (Å²) < 4.78 is 57.9. The number of halogens is 4. The molecule has 0 saturated carbocycles. The molecule has 0 saturated heterocycles. The molecule has 0 bridgehead atoms. The third-order valence-electron chi connectivity index (χ3n) is 3.30. The number of hydrogen-bond acceptors (Lipinski definition) is 3. The van der Waals surface area contributed by atoms with E-state index >= 15 is 0 Å². The second kappa shape index (κ2) is 6.76. The maximum absolute atomic E-state index is 13.7. The number of benzene rings is 2. The van der Waals surface area contributed by atoms with E-state index in [2.05, 4.69) is 10.5 Å². The molecule has 0 radical (unpaired) electrons. The van der Waals surface area contributed by atoms with Gasteiger partial charge in [0.05, 0.1) is 23.4 Å². The number of carbonyl (C=O) groups excluding carboxylic acids is 1. The van der Waals surface area contributed by atoms with Crippen LogP contribution >= 0.6 is 0 Å². The number of nitrogens with one attached hydrogen (secondary N) is 1. The van der Waals surface area contributed by atoms with E-state index in [9.17, 15) is 22.4 Å². The average molecular weight is 350 g/mol. The first-order valence-electron chi connectivity index (χ1n) is 7.08. The zero-order valence-corrected chi connectivity index (χ0v) is 12.5. The van der Waals surface area contributed by atoms with Gasteiger partial charge in [-0.3, -0.25) is 4.79 Å². The first-order chi connectivity index (χ1) is 11.9. The number of nitrogens with zero attached hydrogens (tertiary/aromatic N) is 1. The maximum Gasteiger partial charge on any atom is 0.230 e. The van der Waals surface area contributed by atoms with E-state index in [-0.39, 0.29) is 29.1 Å². The van der Waals surface area contributed by atoms with Crippen LogP contribution < -0.4 is 5.32 Å². The normalized spacial score (nSPS) is 10.7. The topological polar surface area (TPSA) is 55.1 Å². The predicted octanol–water partition coefficient (Wildman–Crippen LogP) is 4.08. The zero-order chi connectivity index (χ0) is 18.0. The minimum Gasteiger partial charge on any atom is -0.356 e. The van der Waals surface area contributed by atoms with Crippen LogP contribution in [0.5, 0.6) is 0 Å². The molecular weight excluding hydrogens is 340 g/mol. The van der Waals surface area contributed by atoms with Crippen molar-refractivity contribution in [3.8, 4) is 11.3 Å². The SMILES string of the molecule is O=C(Cc1cc(-c2ccc(F)cc2F)on1)Nc1ccc(F)cc1F. The van der Waals surface area contributed by atoms with Gasteiger partial charge in [-0.25, -0.2) is 17.6 Å². The molecule has 8 heteroatoms. The largest absolute Gasteiger partial charge is 0.356 e. The maximum atomic E-state index is 13.7. The van der Waals surface area contributed by atoms with Gasteiger partial charge in [-0.15, -0.1) is 0 Å². The lowest BCUT2D eigenvalue weighted by Crippen LogP contribution is -2.15. The molecule has 25 heavy (non-hydrogen) atoms. The Morgan fingerprint density at radius 2 is 1.64 bits per heavy atom. The van der Waals surface area contributed by atoms with Crippen molar-refractivity contribution in [1.29, 1.82) is 0 Å². The third-order valence-corrected chi connectivity index (χ3v) is 3.30. The lowest BCUT2D eigenvalue weighted by atomic mass is 10.1. The fourth-order valence-corrected chi connectivity index (χ4v) is 2.16. The molecule has 0 fully saturated rings. The standard InChI is InChI=1S/C17H10F4N2O2/c18-9-1-3-12(13(20)5-9)16-7-11(23-25-16)8-17(24)22-15-4-2-10(19)6-14(15)21/h1-7H,8H2,(H,22,24). The van der Waals surface area contributed by atoms with Crippen LogP contribution in [0, 0.1) is 23.3 Å². The molecule has 1 amide bonds. The van der Waals surface area contributed by atoms with Crippen molar-refractivity contribution in [2.24, 2.45) is 0 Å². The predicted molar refractivity (Wildman–Crippen MR) is 80.5 cm³/mol. The minimum absolute atomic E-state index is 0.00913. The highest BCUT2D eigenvalue weighted by atomic mass is 19.1. The molecule has 128 valence electrons. The summed E-state index contributed by atoms with van der Waals surface area (Å²) in [5, 5.41) is 5.89. The van der Waals surface area contributed by atoms with Crippen molar-refractivity contribution >= 4 is 11.6 Å². The van der Waals surface area contributed by atoms with E-state index in [1.54, 1.807) is 0 Å². The number of anilines is 1. The molecule has 0 spiro atoms. The van der Waals surface area contributed by atoms with Gasteiger partial charge in [0, 0.05) is 18.2 Å². The van der Waals surface area contributed by atoms with Crippen LogP contribution in [-0.4, -0.2) is 11.1 Å². The summed E-state index contributed by atoms with van der Waals surface area (Å²) >= 11 is 0. The summed E-state index contributed by atoms with van der Waals surface area (Å²) in [6.07, 6.45) is -0.275. The van der Waals surface area contributed by atoms with Crippen LogP contribution in [0.1, 0.15) is 5.69 Å². The molecule has 3 rings (SSSR count). The minimum atomic E-state index is -0.914. The van der Waals surface area contributed by atoms with E-state index < -0.39 is 29.2 Å². The van der Waals surface area contributed by atoms with Gasteiger partial charge in [-0.05, 0) is 24.3 Å². The highest BCUT2D eigenvalue weighted by molar-refractivity contribution is 5.92. The summed E-state index contributed by atoms with van der Waals surface area (Å²) in [5.74, 6) is -3.85. The number of rotatable bonds is 4. The number of hydrogen-bond donors (Lipinski definition) is 1. The fourth-order valence-electron chi connectivity index (χ4n) is 2.16. The van der Waals surface area contributed by atoms with E-state index in [4.69, 9.17) is 4.52 Å². The van der Waals surface area contributed by atoms with Gasteiger partial charge in [0.25, 0.3) is 0 Å². The Kier molecular flexibility index (Phi) is 4.51. The molecule has 0 aliphatic heterocycles. The fraction of sp³-hybridized carbons (Fsp3) is 0.0588. The summed E-state index contributed by atoms with van der Waals surface area (Å²) in [6, 6.07) is 6.99. The van der Waals surface area contributed by atoms with Crippen LogP contribution in [0.3, 0.4) is 0 Å². The van der Waals surface area contributed by atoms with Crippen LogP contribution in [0.25, 0.3) is 11.3 Å². The Hall–Kier alpha value is -3.16. The molecule has 1 aromatic heterocycles. The van der Waals surface area contributed by atoms with Crippen molar-refractivity contribution in [2.75, 3.05) is 5.32 Å². The third kappa shape index (κ3) is 3.85. The Morgan fingerprint density at radius 1 is 0.960 bits per heavy atom. The van der Waals surface area contributed by atoms with E-state index in [1.165, 1.54) is 12.1 Å². The van der Waals surface area contributed by atoms with Crippen molar-refractivity contribution in [3.05, 3.63) is 71.4 Å². The lowest BCUT2D eigenvalue weighted by Gasteiger charge is -2.04. The summed E-state index contributed by atoms with van der Waals surface area (Å²) in [6.45, 7) is 0. The zero-order valence-electron chi connectivity index (χ0n) is 12.5. The van der Waals surface area contributed by atoms with Crippen LogP contribution in [0.15, 0.2) is 47.0 Å². The molecule has 4 nitrogen and oxygen atoms in total. The second-order valence-corrected chi connectivity index (χ2v) is 5.16. The van der Waals surface area contributed by atoms with Gasteiger partial charge in [0.15, 0.2) is 5.76 Å². The Bertz CT molecular complexity index is 940. The molecule has 1 N–H and O–H groups in total. The van der Waals surface area contributed by atoms with Gasteiger partial charge in [0.1, 0.15) is 23.3 Å². The second-order valence-electron chi connectivity index (χ2n) is 5.16. The molecule has 0 aliphatic rings. The summed E-state index contributed by atoms with van der Waals surface area (Å²) in [5.41, 5.74) is -0.0245. The van der Waals surface area contributed by atoms with Gasteiger partial charge in [-0.1, -0.05) is 5.16 Å². The summed E-state index contributed by atoms with van der Waals surface area (Å²) in [4.78, 5) is 11.9. The Balaban J connectivity index is 1.71. The molecule has 3 aromatic rings. The first kappa shape index (κ1) is 16.7. The first-order valence-corrected chi connectivity index (χ1v) is 7.08. The molecule has 0 aliphatic carbocycles. The Morgan fingerprint density at radius 3 is 2.32 bits per heavy atom. The number of amides is 1. The molecule has 2 aromatic carbocycles. The van der Waals surface area contributed by atoms with Gasteiger partial charge in [0.2, 0.25) is 5.91 Å². The van der Waals surface area contributed by atoms with Crippen LogP contribution in [0.2, 0.25) is 0 Å². The van der Waals surface area contributed by atoms with Gasteiger partial charge < -0.3 is 9.84 Å². The monoisotopic (exact) mass is 350 g/mol. The van der Waals surface area contributed by atoms with Crippen molar-refractivity contribution < 1.29 is 26.9 Å². The van der Waals surface area contributed by atoms with E-state index in [0.717, 1.165) is 18.2 Å². The number of carbonyl (C=O) groups is 1. The average Bonchev–Trinajstić information content (AvgIpc) is 2.98. The van der Waals surface area contributed by atoms with E-state index in [1.807, 2.05) is 0 Å². The molecular formula is C17H10F4N2O2. The van der Waals surface area contributed by atoms with Gasteiger partial charge in [-0.2, -0.15) is 0 Å². The lowest BCUT2D eigenvalue weighted by molar-refractivity contribution is -0.115. The molecule has 0 atom stereocenters. The van der Waals surface area contributed by atoms with Crippen molar-refractivity contribution in [1.82, 2.24) is 5.16 Å². The highest BCUT2D eigenvalue weighted by Crippen LogP contribution is 2.24. The molecule has 1 heterocycles. The van der Waals surface area contributed by atoms with Crippen LogP contribution in [0.4, 0.5) is 23.2 Å². The van der Waals surface area contributed by atoms with Gasteiger partial charge >= 0.3 is 0 Å². The highest BCUT2D eigenvalue weighted by Gasteiger charge is 2.15. The van der Waals surface area contributed by atoms with Crippen molar-refractivity contribution in [3.63, 3.8) is 0 Å².